The van der Waals surface area contributed by atoms with Gasteiger partial charge < -0.3 is 14.7 Å². The number of hydrogen-bond acceptors (Lipinski definition) is 4. The van der Waals surface area contributed by atoms with Gasteiger partial charge >= 0.3 is 0 Å². The van der Waals surface area contributed by atoms with E-state index < -0.39 is 0 Å². The van der Waals surface area contributed by atoms with Gasteiger partial charge in [0.15, 0.2) is 5.84 Å². The average molecular weight is 387 g/mol. The number of aliphatic imine (C=N–C) groups is 1. The number of fused-ring (bicyclic) bond motifs is 1. The predicted molar refractivity (Wildman–Crippen MR) is 113 cm³/mol. The Bertz CT molecular complexity index is 706. The van der Waals surface area contributed by atoms with Gasteiger partial charge in [-0.15, -0.1) is 0 Å². The maximum atomic E-state index is 6.05. The van der Waals surface area contributed by atoms with Gasteiger partial charge in [0.1, 0.15) is 6.17 Å². The molecule has 1 fully saturated rings. The minimum atomic E-state index is 0.274. The van der Waals surface area contributed by atoms with Crippen molar-refractivity contribution in [1.29, 1.82) is 0 Å². The number of halogens is 1. The Balaban J connectivity index is 1.55. The highest BCUT2D eigenvalue weighted by Gasteiger charge is 2.35. The molecule has 1 unspecified atom stereocenters. The van der Waals surface area contributed by atoms with E-state index in [4.69, 9.17) is 16.6 Å². The van der Waals surface area contributed by atoms with E-state index in [9.17, 15) is 0 Å². The number of rotatable bonds is 5. The van der Waals surface area contributed by atoms with Crippen LogP contribution in [-0.4, -0.2) is 47.0 Å². The number of likely N-dealkylation sites (N-methyl/N-ethyl adjacent to an activating group) is 1. The Morgan fingerprint density at radius 2 is 1.85 bits per heavy atom. The number of amidine groups is 1. The first-order chi connectivity index (χ1) is 13.1. The maximum absolute atomic E-state index is 6.05. The molecule has 4 nitrogen and oxygen atoms in total. The molecule has 1 aliphatic carbocycles. The van der Waals surface area contributed by atoms with Gasteiger partial charge in [-0.2, -0.15) is 0 Å². The molecule has 0 amide bonds. The fourth-order valence-corrected chi connectivity index (χ4v) is 4.74. The minimum Gasteiger partial charge on any atom is -0.354 e. The SMILES string of the molecule is CCC1N=C2C(=CN(Cc3ccc(Cl)cc3)CN2CC2CCCCC2)N1C. The highest BCUT2D eigenvalue weighted by atomic mass is 35.5. The zero-order chi connectivity index (χ0) is 18.8. The van der Waals surface area contributed by atoms with Crippen molar-refractivity contribution in [3.8, 4) is 0 Å². The third-order valence-electron chi connectivity index (χ3n) is 6.15. The normalized spacial score (nSPS) is 23.4. The minimum absolute atomic E-state index is 0.274. The van der Waals surface area contributed by atoms with Crippen LogP contribution in [0.1, 0.15) is 51.0 Å². The van der Waals surface area contributed by atoms with E-state index in [0.717, 1.165) is 37.1 Å². The lowest BCUT2D eigenvalue weighted by atomic mass is 9.89. The van der Waals surface area contributed by atoms with E-state index >= 15 is 0 Å². The highest BCUT2D eigenvalue weighted by molar-refractivity contribution is 6.30. The van der Waals surface area contributed by atoms with Crippen molar-refractivity contribution in [2.45, 2.75) is 58.2 Å². The van der Waals surface area contributed by atoms with Crippen molar-refractivity contribution in [3.05, 3.63) is 46.7 Å². The summed E-state index contributed by atoms with van der Waals surface area (Å²) in [6.45, 7) is 5.18. The smallest absolute Gasteiger partial charge is 0.152 e. The molecule has 1 aromatic rings. The first kappa shape index (κ1) is 18.7. The van der Waals surface area contributed by atoms with Crippen molar-refractivity contribution >= 4 is 17.4 Å². The summed E-state index contributed by atoms with van der Waals surface area (Å²) in [4.78, 5) is 12.4. The Morgan fingerprint density at radius 1 is 1.11 bits per heavy atom. The van der Waals surface area contributed by atoms with Crippen molar-refractivity contribution in [2.75, 3.05) is 20.3 Å². The summed E-state index contributed by atoms with van der Waals surface area (Å²) in [5.74, 6) is 2.02. The molecule has 5 heteroatoms. The zero-order valence-electron chi connectivity index (χ0n) is 16.6. The monoisotopic (exact) mass is 386 g/mol. The predicted octanol–water partition coefficient (Wildman–Crippen LogP) is 4.92. The summed E-state index contributed by atoms with van der Waals surface area (Å²) in [6.07, 6.45) is 10.5. The molecular weight excluding hydrogens is 356 g/mol. The van der Waals surface area contributed by atoms with Crippen molar-refractivity contribution in [3.63, 3.8) is 0 Å². The highest BCUT2D eigenvalue weighted by Crippen LogP contribution is 2.31. The van der Waals surface area contributed by atoms with E-state index in [2.05, 4.69) is 47.0 Å². The molecule has 27 heavy (non-hydrogen) atoms. The third kappa shape index (κ3) is 4.11. The van der Waals surface area contributed by atoms with Crippen LogP contribution < -0.4 is 0 Å². The second kappa shape index (κ2) is 8.14. The van der Waals surface area contributed by atoms with Crippen LogP contribution in [0.2, 0.25) is 5.02 Å². The Hall–Kier alpha value is -1.68. The summed E-state index contributed by atoms with van der Waals surface area (Å²) in [6, 6.07) is 8.22. The first-order valence-electron chi connectivity index (χ1n) is 10.4. The fraction of sp³-hybridized carbons (Fsp3) is 0.591. The quantitative estimate of drug-likeness (QED) is 0.717. The van der Waals surface area contributed by atoms with Crippen LogP contribution in [-0.2, 0) is 6.54 Å². The lowest BCUT2D eigenvalue weighted by molar-refractivity contribution is 0.185. The number of nitrogens with zero attached hydrogens (tertiary/aromatic N) is 4. The van der Waals surface area contributed by atoms with E-state index in [0.29, 0.717) is 0 Å². The van der Waals surface area contributed by atoms with Crippen LogP contribution in [0.4, 0.5) is 0 Å². The molecule has 1 saturated carbocycles. The average Bonchev–Trinajstić information content (AvgIpc) is 3.01. The van der Waals surface area contributed by atoms with Gasteiger partial charge in [0.25, 0.3) is 0 Å². The molecule has 146 valence electrons. The Kier molecular flexibility index (Phi) is 5.63. The molecule has 0 saturated heterocycles. The fourth-order valence-electron chi connectivity index (χ4n) is 4.62. The molecule has 4 rings (SSSR count). The molecule has 2 heterocycles. The van der Waals surface area contributed by atoms with Crippen LogP contribution in [0.5, 0.6) is 0 Å². The van der Waals surface area contributed by atoms with Crippen LogP contribution in [0, 0.1) is 5.92 Å². The molecule has 1 aromatic carbocycles. The van der Waals surface area contributed by atoms with Crippen LogP contribution in [0.15, 0.2) is 41.2 Å². The first-order valence-corrected chi connectivity index (χ1v) is 10.8. The van der Waals surface area contributed by atoms with E-state index in [1.165, 1.54) is 49.2 Å². The lowest BCUT2D eigenvalue weighted by Gasteiger charge is -2.39. The number of hydrogen-bond donors (Lipinski definition) is 0. The van der Waals surface area contributed by atoms with Crippen molar-refractivity contribution < 1.29 is 0 Å². The van der Waals surface area contributed by atoms with Crippen molar-refractivity contribution in [2.24, 2.45) is 10.9 Å². The molecule has 1 atom stereocenters. The second-order valence-electron chi connectivity index (χ2n) is 8.21. The third-order valence-corrected chi connectivity index (χ3v) is 6.40. The second-order valence-corrected chi connectivity index (χ2v) is 8.64. The van der Waals surface area contributed by atoms with Gasteiger partial charge in [-0.05, 0) is 42.9 Å². The molecular formula is C22H31ClN4. The summed E-state index contributed by atoms with van der Waals surface area (Å²) in [5.41, 5.74) is 2.57. The molecule has 2 aliphatic heterocycles. The largest absolute Gasteiger partial charge is 0.354 e. The molecule has 0 radical (unpaired) electrons. The summed E-state index contributed by atoms with van der Waals surface area (Å²) in [5, 5.41) is 0.797. The zero-order valence-corrected chi connectivity index (χ0v) is 17.3. The van der Waals surface area contributed by atoms with E-state index in [1.54, 1.807) is 0 Å². The summed E-state index contributed by atoms with van der Waals surface area (Å²) in [7, 11) is 2.18. The molecule has 0 spiro atoms. The molecule has 0 N–H and O–H groups in total. The van der Waals surface area contributed by atoms with Gasteiger partial charge in [0, 0.05) is 31.4 Å². The van der Waals surface area contributed by atoms with E-state index in [1.807, 2.05) is 12.1 Å². The van der Waals surface area contributed by atoms with Gasteiger partial charge in [0.05, 0.1) is 12.4 Å². The van der Waals surface area contributed by atoms with Crippen molar-refractivity contribution in [1.82, 2.24) is 14.7 Å². The number of benzene rings is 1. The maximum Gasteiger partial charge on any atom is 0.152 e. The van der Waals surface area contributed by atoms with E-state index in [-0.39, 0.29) is 6.17 Å². The summed E-state index contributed by atoms with van der Waals surface area (Å²) < 4.78 is 0. The van der Waals surface area contributed by atoms with Crippen LogP contribution in [0.3, 0.4) is 0 Å². The molecule has 0 aromatic heterocycles. The molecule has 3 aliphatic rings. The van der Waals surface area contributed by atoms with Gasteiger partial charge in [-0.1, -0.05) is 49.9 Å². The van der Waals surface area contributed by atoms with Gasteiger partial charge in [-0.3, -0.25) is 0 Å². The molecule has 0 bridgehead atoms. The standard InChI is InChI=1S/C22H31ClN4/c1-3-21-24-22-20(25(21)2)15-26(13-18-9-11-19(23)12-10-18)16-27(22)14-17-7-5-4-6-8-17/h9-12,15,17,21H,3-8,13-14,16H2,1-2H3. The van der Waals surface area contributed by atoms with Gasteiger partial charge in [0.2, 0.25) is 0 Å². The topological polar surface area (TPSA) is 22.1 Å². The Morgan fingerprint density at radius 3 is 2.56 bits per heavy atom. The Labute approximate surface area is 168 Å². The lowest BCUT2D eigenvalue weighted by Crippen LogP contribution is -2.47. The van der Waals surface area contributed by atoms with Crippen LogP contribution in [0.25, 0.3) is 0 Å². The van der Waals surface area contributed by atoms with Crippen LogP contribution >= 0.6 is 11.6 Å². The van der Waals surface area contributed by atoms with Gasteiger partial charge in [-0.25, -0.2) is 4.99 Å². The summed E-state index contributed by atoms with van der Waals surface area (Å²) >= 11 is 6.05.